The standard InChI is InChI=1S/C17H16BrNO2/c1-10-13-9-19(8-12-6-4-3-5-7-12)17(21)14(13)11(2)15(18)16(10)20/h3-7,20H,8-9H2,1-2H3. The van der Waals surface area contributed by atoms with Gasteiger partial charge in [0.15, 0.2) is 0 Å². The van der Waals surface area contributed by atoms with Crippen molar-refractivity contribution in [3.8, 4) is 5.75 Å². The van der Waals surface area contributed by atoms with Gasteiger partial charge in [-0.05, 0) is 52.0 Å². The topological polar surface area (TPSA) is 40.5 Å². The lowest BCUT2D eigenvalue weighted by Gasteiger charge is -2.15. The molecule has 3 rings (SSSR count). The van der Waals surface area contributed by atoms with Crippen LogP contribution in [0.3, 0.4) is 0 Å². The molecule has 1 aliphatic rings. The number of fused-ring (bicyclic) bond motifs is 1. The van der Waals surface area contributed by atoms with Crippen molar-refractivity contribution in [3.63, 3.8) is 0 Å². The fraction of sp³-hybridized carbons (Fsp3) is 0.235. The smallest absolute Gasteiger partial charge is 0.255 e. The molecule has 0 fully saturated rings. The summed E-state index contributed by atoms with van der Waals surface area (Å²) in [5.41, 5.74) is 4.37. The first-order valence-corrected chi connectivity index (χ1v) is 7.63. The Balaban J connectivity index is 2.00. The first kappa shape index (κ1) is 14.1. The van der Waals surface area contributed by atoms with Crippen molar-refractivity contribution in [3.05, 3.63) is 62.6 Å². The predicted octanol–water partition coefficient (Wildman–Crippen LogP) is 3.93. The average Bonchev–Trinajstić information content (AvgIpc) is 2.81. The van der Waals surface area contributed by atoms with Gasteiger partial charge in [0.2, 0.25) is 0 Å². The highest BCUT2D eigenvalue weighted by molar-refractivity contribution is 9.10. The van der Waals surface area contributed by atoms with E-state index in [9.17, 15) is 9.90 Å². The Morgan fingerprint density at radius 2 is 1.86 bits per heavy atom. The molecule has 0 saturated carbocycles. The molecule has 4 heteroatoms. The van der Waals surface area contributed by atoms with Crippen molar-refractivity contribution >= 4 is 21.8 Å². The van der Waals surface area contributed by atoms with E-state index in [1.54, 1.807) is 0 Å². The van der Waals surface area contributed by atoms with Crippen LogP contribution in [-0.4, -0.2) is 15.9 Å². The number of carbonyl (C=O) groups excluding carboxylic acids is 1. The first-order valence-electron chi connectivity index (χ1n) is 6.84. The van der Waals surface area contributed by atoms with Crippen molar-refractivity contribution in [1.29, 1.82) is 0 Å². The Hall–Kier alpha value is -1.81. The van der Waals surface area contributed by atoms with Crippen LogP contribution in [0.4, 0.5) is 0 Å². The number of hydrogen-bond donors (Lipinski definition) is 1. The summed E-state index contributed by atoms with van der Waals surface area (Å²) in [7, 11) is 0. The normalized spacial score (nSPS) is 13.7. The van der Waals surface area contributed by atoms with Crippen LogP contribution in [-0.2, 0) is 13.1 Å². The molecule has 0 aliphatic carbocycles. The highest BCUT2D eigenvalue weighted by Gasteiger charge is 2.33. The quantitative estimate of drug-likeness (QED) is 0.895. The molecule has 2 aromatic rings. The van der Waals surface area contributed by atoms with Gasteiger partial charge in [-0.1, -0.05) is 30.3 Å². The van der Waals surface area contributed by atoms with Crippen LogP contribution in [0.5, 0.6) is 5.75 Å². The second-order valence-electron chi connectivity index (χ2n) is 5.41. The van der Waals surface area contributed by atoms with E-state index in [1.807, 2.05) is 49.1 Å². The van der Waals surface area contributed by atoms with Crippen LogP contribution < -0.4 is 0 Å². The lowest BCUT2D eigenvalue weighted by atomic mass is 9.98. The summed E-state index contributed by atoms with van der Waals surface area (Å²) < 4.78 is 0.619. The fourth-order valence-corrected chi connectivity index (χ4v) is 3.34. The summed E-state index contributed by atoms with van der Waals surface area (Å²) in [4.78, 5) is 14.5. The second kappa shape index (κ2) is 5.19. The van der Waals surface area contributed by atoms with Gasteiger partial charge >= 0.3 is 0 Å². The highest BCUT2D eigenvalue weighted by atomic mass is 79.9. The zero-order chi connectivity index (χ0) is 15.1. The number of rotatable bonds is 2. The first-order chi connectivity index (χ1) is 10.0. The van der Waals surface area contributed by atoms with E-state index in [0.717, 1.165) is 27.8 Å². The van der Waals surface area contributed by atoms with Crippen molar-refractivity contribution in [2.24, 2.45) is 0 Å². The Bertz CT molecular complexity index is 726. The molecular weight excluding hydrogens is 330 g/mol. The lowest BCUT2D eigenvalue weighted by Crippen LogP contribution is -2.23. The number of halogens is 1. The van der Waals surface area contributed by atoms with Gasteiger partial charge in [-0.2, -0.15) is 0 Å². The number of phenols is 1. The predicted molar refractivity (Wildman–Crippen MR) is 85.3 cm³/mol. The lowest BCUT2D eigenvalue weighted by molar-refractivity contribution is 0.0766. The van der Waals surface area contributed by atoms with E-state index >= 15 is 0 Å². The zero-order valence-electron chi connectivity index (χ0n) is 12.0. The molecule has 0 unspecified atom stereocenters. The molecule has 1 aliphatic heterocycles. The van der Waals surface area contributed by atoms with E-state index in [1.165, 1.54) is 0 Å². The summed E-state index contributed by atoms with van der Waals surface area (Å²) in [6, 6.07) is 9.95. The Kier molecular flexibility index (Phi) is 3.49. The van der Waals surface area contributed by atoms with Crippen molar-refractivity contribution in [2.45, 2.75) is 26.9 Å². The molecule has 1 amide bonds. The van der Waals surface area contributed by atoms with Gasteiger partial charge in [0.25, 0.3) is 5.91 Å². The number of benzene rings is 2. The average molecular weight is 346 g/mol. The maximum atomic E-state index is 12.7. The second-order valence-corrected chi connectivity index (χ2v) is 6.21. The number of carbonyl (C=O) groups is 1. The maximum absolute atomic E-state index is 12.7. The van der Waals surface area contributed by atoms with E-state index in [2.05, 4.69) is 15.9 Å². The van der Waals surface area contributed by atoms with Crippen molar-refractivity contribution in [1.82, 2.24) is 4.90 Å². The van der Waals surface area contributed by atoms with Gasteiger partial charge < -0.3 is 10.0 Å². The van der Waals surface area contributed by atoms with E-state index < -0.39 is 0 Å². The van der Waals surface area contributed by atoms with E-state index in [4.69, 9.17) is 0 Å². The minimum Gasteiger partial charge on any atom is -0.506 e. The van der Waals surface area contributed by atoms with Crippen LogP contribution in [0.25, 0.3) is 0 Å². The van der Waals surface area contributed by atoms with Crippen LogP contribution in [0, 0.1) is 13.8 Å². The molecule has 0 spiro atoms. The molecule has 0 atom stereocenters. The molecule has 0 saturated heterocycles. The Morgan fingerprint density at radius 3 is 2.52 bits per heavy atom. The van der Waals surface area contributed by atoms with Crippen LogP contribution in [0.1, 0.15) is 32.6 Å². The third-order valence-electron chi connectivity index (χ3n) is 4.09. The van der Waals surface area contributed by atoms with Crippen LogP contribution in [0.15, 0.2) is 34.8 Å². The van der Waals surface area contributed by atoms with Crippen LogP contribution in [0.2, 0.25) is 0 Å². The Morgan fingerprint density at radius 1 is 1.19 bits per heavy atom. The van der Waals surface area contributed by atoms with E-state index in [0.29, 0.717) is 17.6 Å². The number of phenolic OH excluding ortho intramolecular Hbond substituents is 1. The largest absolute Gasteiger partial charge is 0.506 e. The highest BCUT2D eigenvalue weighted by Crippen LogP contribution is 2.40. The minimum absolute atomic E-state index is 0.0372. The third kappa shape index (κ3) is 2.23. The number of amides is 1. The molecule has 1 N–H and O–H groups in total. The summed E-state index contributed by atoms with van der Waals surface area (Å²) in [6.45, 7) is 4.87. The summed E-state index contributed by atoms with van der Waals surface area (Å²) in [5, 5.41) is 10.1. The Labute approximate surface area is 132 Å². The summed E-state index contributed by atoms with van der Waals surface area (Å²) >= 11 is 3.38. The molecule has 0 aromatic heterocycles. The fourth-order valence-electron chi connectivity index (χ4n) is 2.85. The summed E-state index contributed by atoms with van der Waals surface area (Å²) in [6.07, 6.45) is 0. The van der Waals surface area contributed by atoms with Gasteiger partial charge in [-0.15, -0.1) is 0 Å². The molecule has 2 aromatic carbocycles. The summed E-state index contributed by atoms with van der Waals surface area (Å²) in [5.74, 6) is 0.274. The molecule has 0 bridgehead atoms. The molecule has 0 radical (unpaired) electrons. The molecule has 108 valence electrons. The number of nitrogens with zero attached hydrogens (tertiary/aromatic N) is 1. The van der Waals surface area contributed by atoms with Crippen molar-refractivity contribution in [2.75, 3.05) is 0 Å². The maximum Gasteiger partial charge on any atom is 0.255 e. The monoisotopic (exact) mass is 345 g/mol. The number of hydrogen-bond acceptors (Lipinski definition) is 2. The van der Waals surface area contributed by atoms with Gasteiger partial charge in [-0.3, -0.25) is 4.79 Å². The van der Waals surface area contributed by atoms with Gasteiger partial charge in [0.05, 0.1) is 4.47 Å². The third-order valence-corrected chi connectivity index (χ3v) is 5.06. The molecule has 21 heavy (non-hydrogen) atoms. The minimum atomic E-state index is 0.0372. The SMILES string of the molecule is Cc1c(O)c(Br)c(C)c2c1CN(Cc1ccccc1)C2=O. The molecule has 1 heterocycles. The van der Waals surface area contributed by atoms with Gasteiger partial charge in [-0.25, -0.2) is 0 Å². The number of aromatic hydroxyl groups is 1. The van der Waals surface area contributed by atoms with Crippen molar-refractivity contribution < 1.29 is 9.90 Å². The zero-order valence-corrected chi connectivity index (χ0v) is 13.6. The van der Waals surface area contributed by atoms with Gasteiger partial charge in [0, 0.05) is 18.7 Å². The van der Waals surface area contributed by atoms with Gasteiger partial charge in [0.1, 0.15) is 5.75 Å². The molecular formula is C17H16BrNO2. The van der Waals surface area contributed by atoms with E-state index in [-0.39, 0.29) is 11.7 Å². The van der Waals surface area contributed by atoms with Crippen LogP contribution >= 0.6 is 15.9 Å². The molecule has 3 nitrogen and oxygen atoms in total.